The van der Waals surface area contributed by atoms with Crippen LogP contribution in [-0.2, 0) is 11.2 Å². The van der Waals surface area contributed by atoms with Gasteiger partial charge in [-0.05, 0) is 48.4 Å². The Labute approximate surface area is 163 Å². The van der Waals surface area contributed by atoms with E-state index < -0.39 is 0 Å². The van der Waals surface area contributed by atoms with Crippen LogP contribution >= 0.6 is 11.6 Å². The first-order valence-electron chi connectivity index (χ1n) is 8.61. The zero-order chi connectivity index (χ0) is 18.9. The summed E-state index contributed by atoms with van der Waals surface area (Å²) in [5.41, 5.74) is 1.83. The smallest absolute Gasteiger partial charge is 0.262 e. The molecule has 27 heavy (non-hydrogen) atoms. The highest BCUT2D eigenvalue weighted by Gasteiger charge is 2.04. The van der Waals surface area contributed by atoms with Crippen molar-refractivity contribution in [3.05, 3.63) is 83.5 Å². The normalized spacial score (nSPS) is 10.3. The summed E-state index contributed by atoms with van der Waals surface area (Å²) in [6.45, 7) is 0.705. The van der Waals surface area contributed by atoms with Crippen LogP contribution in [0.1, 0.15) is 5.56 Å². The summed E-state index contributed by atoms with van der Waals surface area (Å²) in [5, 5.41) is 6.75. The maximum absolute atomic E-state index is 11.9. The van der Waals surface area contributed by atoms with E-state index in [1.165, 1.54) is 5.56 Å². The number of amides is 1. The molecular formula is C21H20ClN3O2. The van der Waals surface area contributed by atoms with E-state index in [1.807, 2.05) is 48.5 Å². The molecule has 3 rings (SSSR count). The van der Waals surface area contributed by atoms with E-state index in [1.54, 1.807) is 24.4 Å². The van der Waals surface area contributed by atoms with Crippen LogP contribution in [0.15, 0.2) is 72.9 Å². The zero-order valence-electron chi connectivity index (χ0n) is 14.7. The molecule has 6 heteroatoms. The van der Waals surface area contributed by atoms with Crippen LogP contribution in [0.25, 0.3) is 0 Å². The third-order valence-electron chi connectivity index (χ3n) is 3.79. The number of para-hydroxylation sites is 1. The van der Waals surface area contributed by atoms with E-state index in [0.29, 0.717) is 11.4 Å². The first kappa shape index (κ1) is 18.7. The number of nitrogens with one attached hydrogen (secondary N) is 2. The van der Waals surface area contributed by atoms with Gasteiger partial charge in [0.15, 0.2) is 6.61 Å². The number of carbonyl (C=O) groups excluding carboxylic acids is 1. The van der Waals surface area contributed by atoms with Crippen molar-refractivity contribution in [3.8, 4) is 5.75 Å². The Morgan fingerprint density at radius 1 is 1.00 bits per heavy atom. The second kappa shape index (κ2) is 9.59. The lowest BCUT2D eigenvalue weighted by Crippen LogP contribution is -2.20. The highest BCUT2D eigenvalue weighted by Crippen LogP contribution is 2.12. The first-order valence-corrected chi connectivity index (χ1v) is 8.99. The Hall–Kier alpha value is -3.05. The lowest BCUT2D eigenvalue weighted by atomic mass is 10.1. The molecule has 0 unspecified atom stereocenters. The summed E-state index contributed by atoms with van der Waals surface area (Å²) >= 11 is 5.88. The molecule has 0 aliphatic carbocycles. The molecule has 2 N–H and O–H groups in total. The number of pyridine rings is 1. The lowest BCUT2D eigenvalue weighted by Gasteiger charge is -2.09. The van der Waals surface area contributed by atoms with Gasteiger partial charge in [-0.2, -0.15) is 0 Å². The summed E-state index contributed by atoms with van der Waals surface area (Å²) in [4.78, 5) is 16.2. The van der Waals surface area contributed by atoms with Gasteiger partial charge in [0.1, 0.15) is 11.6 Å². The van der Waals surface area contributed by atoms with Gasteiger partial charge in [-0.3, -0.25) is 4.79 Å². The third kappa shape index (κ3) is 6.31. The zero-order valence-corrected chi connectivity index (χ0v) is 15.4. The molecule has 0 atom stereocenters. The molecule has 0 radical (unpaired) electrons. The molecule has 0 aliphatic rings. The molecule has 0 aliphatic heterocycles. The molecule has 0 fully saturated rings. The van der Waals surface area contributed by atoms with Crippen molar-refractivity contribution >= 4 is 29.0 Å². The van der Waals surface area contributed by atoms with Gasteiger partial charge in [-0.1, -0.05) is 41.9 Å². The average Bonchev–Trinajstić information content (AvgIpc) is 2.70. The maximum atomic E-state index is 11.9. The van der Waals surface area contributed by atoms with Crippen LogP contribution in [0.4, 0.5) is 11.5 Å². The van der Waals surface area contributed by atoms with Gasteiger partial charge in [0.05, 0.1) is 11.9 Å². The Kier molecular flexibility index (Phi) is 6.66. The molecule has 1 aromatic heterocycles. The van der Waals surface area contributed by atoms with Gasteiger partial charge in [-0.15, -0.1) is 0 Å². The molecule has 1 heterocycles. The molecule has 138 valence electrons. The fourth-order valence-electron chi connectivity index (χ4n) is 2.42. The van der Waals surface area contributed by atoms with Gasteiger partial charge in [0.2, 0.25) is 0 Å². The summed E-state index contributed by atoms with van der Waals surface area (Å²) in [5.74, 6) is 1.18. The highest BCUT2D eigenvalue weighted by molar-refractivity contribution is 6.30. The number of ether oxygens (including phenoxy) is 1. The second-order valence-corrected chi connectivity index (χ2v) is 6.32. The lowest BCUT2D eigenvalue weighted by molar-refractivity contribution is -0.118. The van der Waals surface area contributed by atoms with E-state index in [2.05, 4.69) is 15.6 Å². The molecule has 0 spiro atoms. The first-order chi connectivity index (χ1) is 13.2. The van der Waals surface area contributed by atoms with Gasteiger partial charge < -0.3 is 15.4 Å². The molecule has 3 aromatic rings. The van der Waals surface area contributed by atoms with E-state index in [4.69, 9.17) is 16.3 Å². The number of hydrogen-bond acceptors (Lipinski definition) is 4. The summed E-state index contributed by atoms with van der Waals surface area (Å²) < 4.78 is 5.41. The van der Waals surface area contributed by atoms with Crippen molar-refractivity contribution in [2.75, 3.05) is 23.8 Å². The fourth-order valence-corrected chi connectivity index (χ4v) is 2.55. The second-order valence-electron chi connectivity index (χ2n) is 5.89. The average molecular weight is 382 g/mol. The largest absolute Gasteiger partial charge is 0.484 e. The standard InChI is InChI=1S/C21H20ClN3O2/c22-17-8-6-16(7-9-17)12-13-23-20-11-10-18(14-24-20)25-21(26)15-27-19-4-2-1-3-5-19/h1-11,14H,12-13,15H2,(H,23,24)(H,25,26). The van der Waals surface area contributed by atoms with E-state index in [0.717, 1.165) is 23.8 Å². The van der Waals surface area contributed by atoms with Gasteiger partial charge >= 0.3 is 0 Å². The summed E-state index contributed by atoms with van der Waals surface area (Å²) in [7, 11) is 0. The van der Waals surface area contributed by atoms with Crippen molar-refractivity contribution < 1.29 is 9.53 Å². The molecule has 1 amide bonds. The Bertz CT molecular complexity index is 853. The van der Waals surface area contributed by atoms with Crippen LogP contribution in [0.5, 0.6) is 5.75 Å². The maximum Gasteiger partial charge on any atom is 0.262 e. The molecule has 0 bridgehead atoms. The molecule has 0 saturated heterocycles. The van der Waals surface area contributed by atoms with E-state index >= 15 is 0 Å². The summed E-state index contributed by atoms with van der Waals surface area (Å²) in [6.07, 6.45) is 2.49. The van der Waals surface area contributed by atoms with Gasteiger partial charge in [-0.25, -0.2) is 4.98 Å². The Balaban J connectivity index is 1.41. The number of benzene rings is 2. The predicted molar refractivity (Wildman–Crippen MR) is 108 cm³/mol. The molecule has 0 saturated carbocycles. The fraction of sp³-hybridized carbons (Fsp3) is 0.143. The number of halogens is 1. The van der Waals surface area contributed by atoms with Crippen molar-refractivity contribution in [2.24, 2.45) is 0 Å². The van der Waals surface area contributed by atoms with Crippen LogP contribution in [0.2, 0.25) is 5.02 Å². The van der Waals surface area contributed by atoms with Crippen molar-refractivity contribution in [1.82, 2.24) is 4.98 Å². The highest BCUT2D eigenvalue weighted by atomic mass is 35.5. The van der Waals surface area contributed by atoms with E-state index in [9.17, 15) is 4.79 Å². The van der Waals surface area contributed by atoms with Crippen molar-refractivity contribution in [3.63, 3.8) is 0 Å². The molecule has 5 nitrogen and oxygen atoms in total. The SMILES string of the molecule is O=C(COc1ccccc1)Nc1ccc(NCCc2ccc(Cl)cc2)nc1. The minimum absolute atomic E-state index is 0.0505. The van der Waals surface area contributed by atoms with Gasteiger partial charge in [0, 0.05) is 11.6 Å². The predicted octanol–water partition coefficient (Wildman–Crippen LogP) is 4.41. The number of hydrogen-bond donors (Lipinski definition) is 2. The minimum atomic E-state index is -0.232. The summed E-state index contributed by atoms with van der Waals surface area (Å²) in [6, 6.07) is 20.6. The topological polar surface area (TPSA) is 63.2 Å². The molecular weight excluding hydrogens is 362 g/mol. The monoisotopic (exact) mass is 381 g/mol. The minimum Gasteiger partial charge on any atom is -0.484 e. The number of nitrogens with zero attached hydrogens (tertiary/aromatic N) is 1. The van der Waals surface area contributed by atoms with Crippen LogP contribution < -0.4 is 15.4 Å². The van der Waals surface area contributed by atoms with E-state index in [-0.39, 0.29) is 12.5 Å². The number of carbonyl (C=O) groups is 1. The Morgan fingerprint density at radius 2 is 1.78 bits per heavy atom. The van der Waals surface area contributed by atoms with Crippen LogP contribution in [0, 0.1) is 0 Å². The third-order valence-corrected chi connectivity index (χ3v) is 4.05. The van der Waals surface area contributed by atoms with Crippen LogP contribution in [-0.4, -0.2) is 24.0 Å². The van der Waals surface area contributed by atoms with Crippen LogP contribution in [0.3, 0.4) is 0 Å². The number of anilines is 2. The van der Waals surface area contributed by atoms with Crippen molar-refractivity contribution in [1.29, 1.82) is 0 Å². The van der Waals surface area contributed by atoms with Crippen molar-refractivity contribution in [2.45, 2.75) is 6.42 Å². The number of rotatable bonds is 8. The quantitative estimate of drug-likeness (QED) is 0.606. The molecule has 2 aromatic carbocycles. The Morgan fingerprint density at radius 3 is 2.48 bits per heavy atom. The van der Waals surface area contributed by atoms with Gasteiger partial charge in [0.25, 0.3) is 5.91 Å². The number of aromatic nitrogens is 1.